The molecule has 2 N–H and O–H groups in total. The molecule has 1 unspecified atom stereocenters. The summed E-state index contributed by atoms with van der Waals surface area (Å²) in [7, 11) is 3.17. The lowest BCUT2D eigenvalue weighted by Gasteiger charge is -2.05. The molecule has 0 saturated carbocycles. The number of nitrogens with zero attached hydrogens (tertiary/aromatic N) is 2. The fraction of sp³-hybridized carbons (Fsp3) is 0.429. The molecule has 7 heteroatoms. The highest BCUT2D eigenvalue weighted by Gasteiger charge is 2.28. The largest absolute Gasteiger partial charge is 0.497 e. The molecule has 2 heterocycles. The van der Waals surface area contributed by atoms with Gasteiger partial charge < -0.3 is 24.4 Å². The molecule has 1 aliphatic rings. The molecule has 7 nitrogen and oxygen atoms in total. The predicted octanol–water partition coefficient (Wildman–Crippen LogP) is 1.15. The van der Waals surface area contributed by atoms with Crippen molar-refractivity contribution in [3.05, 3.63) is 24.1 Å². The lowest BCUT2D eigenvalue weighted by molar-refractivity contribution is 0.191. The van der Waals surface area contributed by atoms with E-state index in [0.717, 1.165) is 5.56 Å². The molecule has 2 aromatic rings. The number of aliphatic hydroxyl groups excluding tert-OH is 1. The standard InChI is InChI=1S/C14H17N3O4/c1-19-10-3-8(4-11(6-10)20-2)13-16-14(21-17-13)12-5-9(18)7-15-12/h3-4,6,9,12,15,18H,5,7H2,1-2H3/t9?,12-/m0/s1. The van der Waals surface area contributed by atoms with Gasteiger partial charge in [0.1, 0.15) is 11.5 Å². The van der Waals surface area contributed by atoms with E-state index in [1.54, 1.807) is 20.3 Å². The Labute approximate surface area is 121 Å². The smallest absolute Gasteiger partial charge is 0.244 e. The van der Waals surface area contributed by atoms with Crippen LogP contribution < -0.4 is 14.8 Å². The third kappa shape index (κ3) is 2.84. The second kappa shape index (κ2) is 5.71. The lowest BCUT2D eigenvalue weighted by Crippen LogP contribution is -2.15. The summed E-state index contributed by atoms with van der Waals surface area (Å²) in [5.41, 5.74) is 0.750. The zero-order valence-electron chi connectivity index (χ0n) is 11.9. The van der Waals surface area contributed by atoms with Crippen molar-refractivity contribution in [1.29, 1.82) is 0 Å². The number of aliphatic hydroxyl groups is 1. The minimum atomic E-state index is -0.373. The number of hydrogen-bond acceptors (Lipinski definition) is 7. The SMILES string of the molecule is COc1cc(OC)cc(-c2noc([C@@H]3CC(O)CN3)n2)c1. The third-order valence-corrected chi connectivity index (χ3v) is 3.46. The van der Waals surface area contributed by atoms with Crippen molar-refractivity contribution in [3.63, 3.8) is 0 Å². The summed E-state index contributed by atoms with van der Waals surface area (Å²) in [6.07, 6.45) is 0.200. The molecule has 0 aliphatic carbocycles. The zero-order valence-corrected chi connectivity index (χ0v) is 11.9. The number of β-amino-alcohol motifs (C(OH)–C–C–N with tert-alkyl or cyclic N) is 1. The second-order valence-corrected chi connectivity index (χ2v) is 4.91. The van der Waals surface area contributed by atoms with E-state index in [0.29, 0.717) is 36.2 Å². The fourth-order valence-corrected chi connectivity index (χ4v) is 2.34. The first-order valence-corrected chi connectivity index (χ1v) is 6.68. The van der Waals surface area contributed by atoms with Gasteiger partial charge in [0.25, 0.3) is 0 Å². The van der Waals surface area contributed by atoms with Crippen LogP contribution >= 0.6 is 0 Å². The van der Waals surface area contributed by atoms with Crippen molar-refractivity contribution in [1.82, 2.24) is 15.5 Å². The minimum absolute atomic E-state index is 0.103. The number of benzene rings is 1. The van der Waals surface area contributed by atoms with Gasteiger partial charge in [-0.1, -0.05) is 5.16 Å². The van der Waals surface area contributed by atoms with Gasteiger partial charge in [0.15, 0.2) is 0 Å². The van der Waals surface area contributed by atoms with Crippen LogP contribution in [0.15, 0.2) is 22.7 Å². The van der Waals surface area contributed by atoms with Crippen LogP contribution in [0, 0.1) is 0 Å². The minimum Gasteiger partial charge on any atom is -0.497 e. The molecule has 21 heavy (non-hydrogen) atoms. The first kappa shape index (κ1) is 13.8. The molecule has 0 radical (unpaired) electrons. The highest BCUT2D eigenvalue weighted by Crippen LogP contribution is 2.29. The normalized spacial score (nSPS) is 21.5. The van der Waals surface area contributed by atoms with Gasteiger partial charge in [-0.15, -0.1) is 0 Å². The monoisotopic (exact) mass is 291 g/mol. The van der Waals surface area contributed by atoms with Gasteiger partial charge in [-0.05, 0) is 18.6 Å². The van der Waals surface area contributed by atoms with Crippen LogP contribution in [-0.2, 0) is 0 Å². The Morgan fingerprint density at radius 3 is 2.52 bits per heavy atom. The summed E-state index contributed by atoms with van der Waals surface area (Å²) < 4.78 is 15.7. The molecule has 1 aliphatic heterocycles. The van der Waals surface area contributed by atoms with Gasteiger partial charge in [-0.3, -0.25) is 0 Å². The molecule has 2 atom stereocenters. The molecule has 3 rings (SSSR count). The molecule has 1 fully saturated rings. The van der Waals surface area contributed by atoms with E-state index in [1.165, 1.54) is 0 Å². The molecular formula is C14H17N3O4. The van der Waals surface area contributed by atoms with Crippen LogP contribution in [0.3, 0.4) is 0 Å². The molecule has 0 spiro atoms. The molecular weight excluding hydrogens is 274 g/mol. The number of hydrogen-bond donors (Lipinski definition) is 2. The molecule has 112 valence electrons. The molecule has 0 bridgehead atoms. The predicted molar refractivity (Wildman–Crippen MR) is 74.2 cm³/mol. The first-order chi connectivity index (χ1) is 10.2. The highest BCUT2D eigenvalue weighted by atomic mass is 16.5. The van der Waals surface area contributed by atoms with E-state index in [4.69, 9.17) is 14.0 Å². The summed E-state index contributed by atoms with van der Waals surface area (Å²) >= 11 is 0. The first-order valence-electron chi connectivity index (χ1n) is 6.68. The Morgan fingerprint density at radius 1 is 1.24 bits per heavy atom. The number of nitrogens with one attached hydrogen (secondary N) is 1. The molecule has 1 aromatic carbocycles. The van der Waals surface area contributed by atoms with E-state index in [1.807, 2.05) is 12.1 Å². The number of rotatable bonds is 4. The molecule has 1 aromatic heterocycles. The van der Waals surface area contributed by atoms with Crippen molar-refractivity contribution >= 4 is 0 Å². The van der Waals surface area contributed by atoms with Crippen LogP contribution in [0.5, 0.6) is 11.5 Å². The van der Waals surface area contributed by atoms with E-state index in [9.17, 15) is 5.11 Å². The Hall–Kier alpha value is -2.12. The van der Waals surface area contributed by atoms with Crippen LogP contribution in [-0.4, -0.2) is 42.1 Å². The van der Waals surface area contributed by atoms with Crippen LogP contribution in [0.2, 0.25) is 0 Å². The fourth-order valence-electron chi connectivity index (χ4n) is 2.34. The average molecular weight is 291 g/mol. The Balaban J connectivity index is 1.89. The molecule has 0 amide bonds. The summed E-state index contributed by atoms with van der Waals surface area (Å²) in [5.74, 6) is 2.25. The molecule has 1 saturated heterocycles. The number of aromatic nitrogens is 2. The van der Waals surface area contributed by atoms with Gasteiger partial charge >= 0.3 is 0 Å². The van der Waals surface area contributed by atoms with Crippen molar-refractivity contribution < 1.29 is 19.1 Å². The quantitative estimate of drug-likeness (QED) is 0.873. The summed E-state index contributed by atoms with van der Waals surface area (Å²) in [4.78, 5) is 4.39. The van der Waals surface area contributed by atoms with Crippen molar-refractivity contribution in [2.75, 3.05) is 20.8 Å². The highest BCUT2D eigenvalue weighted by molar-refractivity contribution is 5.60. The Morgan fingerprint density at radius 2 is 1.95 bits per heavy atom. The maximum Gasteiger partial charge on any atom is 0.244 e. The van der Waals surface area contributed by atoms with Crippen molar-refractivity contribution in [2.45, 2.75) is 18.6 Å². The van der Waals surface area contributed by atoms with Crippen LogP contribution in [0.1, 0.15) is 18.4 Å². The van der Waals surface area contributed by atoms with Gasteiger partial charge in [-0.25, -0.2) is 0 Å². The van der Waals surface area contributed by atoms with E-state index >= 15 is 0 Å². The summed E-state index contributed by atoms with van der Waals surface area (Å²) in [6.45, 7) is 0.537. The second-order valence-electron chi connectivity index (χ2n) is 4.91. The third-order valence-electron chi connectivity index (χ3n) is 3.46. The summed E-state index contributed by atoms with van der Waals surface area (Å²) in [6, 6.07) is 5.30. The Bertz CT molecular complexity index is 606. The van der Waals surface area contributed by atoms with Gasteiger partial charge in [0, 0.05) is 18.2 Å². The van der Waals surface area contributed by atoms with Crippen LogP contribution in [0.4, 0.5) is 0 Å². The maximum atomic E-state index is 9.54. The van der Waals surface area contributed by atoms with Gasteiger partial charge in [0.05, 0.1) is 26.4 Å². The summed E-state index contributed by atoms with van der Waals surface area (Å²) in [5, 5.41) is 16.7. The van der Waals surface area contributed by atoms with E-state index in [2.05, 4.69) is 15.5 Å². The number of ether oxygens (including phenoxy) is 2. The van der Waals surface area contributed by atoms with Crippen molar-refractivity contribution in [3.8, 4) is 22.9 Å². The zero-order chi connectivity index (χ0) is 14.8. The maximum absolute atomic E-state index is 9.54. The van der Waals surface area contributed by atoms with E-state index in [-0.39, 0.29) is 12.1 Å². The number of methoxy groups -OCH3 is 2. The topological polar surface area (TPSA) is 89.6 Å². The average Bonchev–Trinajstić information content (AvgIpc) is 3.15. The van der Waals surface area contributed by atoms with Gasteiger partial charge in [-0.2, -0.15) is 4.98 Å². The van der Waals surface area contributed by atoms with Crippen LogP contribution in [0.25, 0.3) is 11.4 Å². The lowest BCUT2D eigenvalue weighted by atomic mass is 10.2. The Kier molecular flexibility index (Phi) is 3.76. The van der Waals surface area contributed by atoms with Crippen molar-refractivity contribution in [2.24, 2.45) is 0 Å². The van der Waals surface area contributed by atoms with Gasteiger partial charge in [0.2, 0.25) is 11.7 Å². The van der Waals surface area contributed by atoms with E-state index < -0.39 is 0 Å².